The number of hydrogen-bond donors (Lipinski definition) is 1. The van der Waals surface area contributed by atoms with Gasteiger partial charge < -0.3 is 5.32 Å². The summed E-state index contributed by atoms with van der Waals surface area (Å²) in [6.07, 6.45) is 0. The van der Waals surface area contributed by atoms with Crippen LogP contribution < -0.4 is 5.32 Å². The maximum atomic E-state index is 13.1. The van der Waals surface area contributed by atoms with E-state index in [1.165, 1.54) is 0 Å². The second kappa shape index (κ2) is 6.23. The van der Waals surface area contributed by atoms with Crippen LogP contribution in [0.15, 0.2) is 42.5 Å². The summed E-state index contributed by atoms with van der Waals surface area (Å²) < 4.78 is 0. The maximum absolute atomic E-state index is 13.1. The van der Waals surface area contributed by atoms with E-state index in [0.29, 0.717) is 11.3 Å². The van der Waals surface area contributed by atoms with Crippen molar-refractivity contribution in [3.63, 3.8) is 0 Å². The number of carbonyl (C=O) groups excluding carboxylic acids is 2. The van der Waals surface area contributed by atoms with Crippen molar-refractivity contribution in [1.82, 2.24) is 0 Å². The lowest BCUT2D eigenvalue weighted by Crippen LogP contribution is -2.35. The molecule has 3 nitrogen and oxygen atoms in total. The third kappa shape index (κ3) is 2.64. The first-order chi connectivity index (χ1) is 11.4. The number of amides is 1. The number of benzene rings is 2. The Balaban J connectivity index is 2.22. The van der Waals surface area contributed by atoms with Crippen LogP contribution in [0.1, 0.15) is 72.5 Å². The Morgan fingerprint density at radius 1 is 0.833 bits per heavy atom. The van der Waals surface area contributed by atoms with Gasteiger partial charge in [0, 0.05) is 5.56 Å². The van der Waals surface area contributed by atoms with E-state index >= 15 is 0 Å². The lowest BCUT2D eigenvalue weighted by atomic mass is 9.77. The number of para-hydroxylation sites is 1. The molecular formula is C21H23NO2. The van der Waals surface area contributed by atoms with Crippen LogP contribution in [0.2, 0.25) is 0 Å². The molecule has 0 spiro atoms. The smallest absolute Gasteiger partial charge is 0.239 e. The minimum atomic E-state index is -0.768. The highest BCUT2D eigenvalue weighted by molar-refractivity contribution is 6.24. The number of ketones is 1. The van der Waals surface area contributed by atoms with E-state index < -0.39 is 5.92 Å². The van der Waals surface area contributed by atoms with Crippen LogP contribution in [0.3, 0.4) is 0 Å². The van der Waals surface area contributed by atoms with Gasteiger partial charge in [-0.25, -0.2) is 0 Å². The fourth-order valence-corrected chi connectivity index (χ4v) is 3.49. The van der Waals surface area contributed by atoms with Crippen molar-refractivity contribution < 1.29 is 9.59 Å². The van der Waals surface area contributed by atoms with Gasteiger partial charge in [-0.1, -0.05) is 58.0 Å². The Morgan fingerprint density at radius 2 is 1.42 bits per heavy atom. The number of carbonyl (C=O) groups is 2. The van der Waals surface area contributed by atoms with Gasteiger partial charge in [0.05, 0.1) is 5.69 Å². The topological polar surface area (TPSA) is 46.2 Å². The Hall–Kier alpha value is -2.42. The van der Waals surface area contributed by atoms with E-state index in [-0.39, 0.29) is 23.5 Å². The molecular weight excluding hydrogens is 298 g/mol. The summed E-state index contributed by atoms with van der Waals surface area (Å²) in [7, 11) is 0. The molecule has 1 amide bonds. The fraction of sp³-hybridized carbons (Fsp3) is 0.333. The van der Waals surface area contributed by atoms with E-state index in [2.05, 4.69) is 33.0 Å². The van der Waals surface area contributed by atoms with Gasteiger partial charge in [0.15, 0.2) is 5.78 Å². The van der Waals surface area contributed by atoms with Crippen LogP contribution in [0.4, 0.5) is 5.69 Å². The minimum absolute atomic E-state index is 0.107. The van der Waals surface area contributed by atoms with E-state index in [1.54, 1.807) is 12.1 Å². The molecule has 0 fully saturated rings. The molecule has 0 aromatic heterocycles. The zero-order valence-corrected chi connectivity index (χ0v) is 14.6. The van der Waals surface area contributed by atoms with Crippen LogP contribution in [0.25, 0.3) is 0 Å². The van der Waals surface area contributed by atoms with Crippen LogP contribution in [0.5, 0.6) is 0 Å². The average molecular weight is 321 g/mol. The third-order valence-corrected chi connectivity index (χ3v) is 4.68. The van der Waals surface area contributed by atoms with Crippen molar-refractivity contribution in [2.45, 2.75) is 45.4 Å². The van der Waals surface area contributed by atoms with Gasteiger partial charge in [-0.3, -0.25) is 9.59 Å². The Labute approximate surface area is 143 Å². The number of Topliss-reactive ketones (excluding diaryl/α,β-unsaturated/α-hetero) is 1. The molecule has 0 bridgehead atoms. The van der Waals surface area contributed by atoms with Crippen LogP contribution >= 0.6 is 0 Å². The molecule has 0 radical (unpaired) electrons. The second-order valence-electron chi connectivity index (χ2n) is 6.99. The second-order valence-corrected chi connectivity index (χ2v) is 6.99. The first kappa shape index (κ1) is 16.4. The number of rotatable bonds is 3. The molecule has 1 unspecified atom stereocenters. The normalized spacial score (nSPS) is 17.2. The highest BCUT2D eigenvalue weighted by Gasteiger charge is 2.38. The third-order valence-electron chi connectivity index (χ3n) is 4.68. The highest BCUT2D eigenvalue weighted by atomic mass is 16.2. The molecule has 124 valence electrons. The lowest BCUT2D eigenvalue weighted by Gasteiger charge is -2.29. The predicted octanol–water partition coefficient (Wildman–Crippen LogP) is 4.85. The molecule has 3 heteroatoms. The molecule has 0 saturated carbocycles. The largest absolute Gasteiger partial charge is 0.324 e. The van der Waals surface area contributed by atoms with Crippen LogP contribution in [-0.2, 0) is 4.79 Å². The van der Waals surface area contributed by atoms with Gasteiger partial charge in [-0.2, -0.15) is 0 Å². The van der Waals surface area contributed by atoms with Crippen molar-refractivity contribution in [3.05, 3.63) is 64.7 Å². The highest BCUT2D eigenvalue weighted by Crippen LogP contribution is 2.38. The van der Waals surface area contributed by atoms with Crippen molar-refractivity contribution in [2.75, 3.05) is 5.32 Å². The standard InChI is InChI=1S/C21H23NO2/c1-12(2)14-9-7-10-15(13(3)4)18(14)19-20(23)16-8-5-6-11-17(16)22-21(19)24/h5-13,19H,1-4H3,(H,22,24). The summed E-state index contributed by atoms with van der Waals surface area (Å²) >= 11 is 0. The van der Waals surface area contributed by atoms with Gasteiger partial charge in [0.1, 0.15) is 5.92 Å². The SMILES string of the molecule is CC(C)c1cccc(C(C)C)c1C1C(=O)Nc2ccccc2C1=O. The van der Waals surface area contributed by atoms with E-state index in [4.69, 9.17) is 0 Å². The van der Waals surface area contributed by atoms with Gasteiger partial charge in [0.2, 0.25) is 5.91 Å². The summed E-state index contributed by atoms with van der Waals surface area (Å²) in [5.74, 6) is -0.609. The molecule has 24 heavy (non-hydrogen) atoms. The number of anilines is 1. The lowest BCUT2D eigenvalue weighted by molar-refractivity contribution is -0.116. The van der Waals surface area contributed by atoms with Crippen molar-refractivity contribution >= 4 is 17.4 Å². The molecule has 3 rings (SSSR count). The van der Waals surface area contributed by atoms with E-state index in [0.717, 1.165) is 16.7 Å². The first-order valence-electron chi connectivity index (χ1n) is 8.48. The summed E-state index contributed by atoms with van der Waals surface area (Å²) in [4.78, 5) is 25.9. The maximum Gasteiger partial charge on any atom is 0.239 e. The van der Waals surface area contributed by atoms with Gasteiger partial charge in [0.25, 0.3) is 0 Å². The fourth-order valence-electron chi connectivity index (χ4n) is 3.49. The van der Waals surface area contributed by atoms with Gasteiger partial charge in [-0.05, 0) is 40.7 Å². The summed E-state index contributed by atoms with van der Waals surface area (Å²) in [5.41, 5.74) is 4.25. The molecule has 1 N–H and O–H groups in total. The number of nitrogens with one attached hydrogen (secondary N) is 1. The molecule has 1 aliphatic heterocycles. The monoisotopic (exact) mass is 321 g/mol. The molecule has 1 heterocycles. The Kier molecular flexibility index (Phi) is 4.27. The zero-order chi connectivity index (χ0) is 17.4. The minimum Gasteiger partial charge on any atom is -0.324 e. The molecule has 1 atom stereocenters. The van der Waals surface area contributed by atoms with Crippen LogP contribution in [0, 0.1) is 0 Å². The van der Waals surface area contributed by atoms with Gasteiger partial charge in [-0.15, -0.1) is 0 Å². The van der Waals surface area contributed by atoms with E-state index in [1.807, 2.05) is 30.3 Å². The Bertz CT molecular complexity index is 779. The molecule has 1 aliphatic rings. The molecule has 0 saturated heterocycles. The summed E-state index contributed by atoms with van der Waals surface area (Å²) in [6, 6.07) is 13.3. The molecule has 2 aromatic carbocycles. The predicted molar refractivity (Wildman–Crippen MR) is 96.8 cm³/mol. The number of hydrogen-bond acceptors (Lipinski definition) is 2. The van der Waals surface area contributed by atoms with Crippen molar-refractivity contribution in [2.24, 2.45) is 0 Å². The number of fused-ring (bicyclic) bond motifs is 1. The quantitative estimate of drug-likeness (QED) is 0.821. The average Bonchev–Trinajstić information content (AvgIpc) is 2.54. The van der Waals surface area contributed by atoms with Crippen molar-refractivity contribution in [1.29, 1.82) is 0 Å². The molecule has 0 aliphatic carbocycles. The zero-order valence-electron chi connectivity index (χ0n) is 14.6. The summed E-state index contributed by atoms with van der Waals surface area (Å²) in [6.45, 7) is 8.40. The van der Waals surface area contributed by atoms with E-state index in [9.17, 15) is 9.59 Å². The molecule has 2 aromatic rings. The first-order valence-corrected chi connectivity index (χ1v) is 8.48. The summed E-state index contributed by atoms with van der Waals surface area (Å²) in [5, 5.41) is 2.91. The van der Waals surface area contributed by atoms with Gasteiger partial charge >= 0.3 is 0 Å². The Morgan fingerprint density at radius 3 is 2.00 bits per heavy atom. The van der Waals surface area contributed by atoms with Crippen molar-refractivity contribution in [3.8, 4) is 0 Å². The van der Waals surface area contributed by atoms with Crippen LogP contribution in [-0.4, -0.2) is 11.7 Å².